The first-order valence-electron chi connectivity index (χ1n) is 11.0. The van der Waals surface area contributed by atoms with Crippen LogP contribution in [0.5, 0.6) is 17.4 Å². The molecule has 0 aliphatic carbocycles. The predicted octanol–water partition coefficient (Wildman–Crippen LogP) is 5.70. The van der Waals surface area contributed by atoms with Crippen LogP contribution in [0.1, 0.15) is 27.9 Å². The van der Waals surface area contributed by atoms with Crippen molar-refractivity contribution in [2.75, 3.05) is 20.8 Å². The van der Waals surface area contributed by atoms with E-state index in [1.165, 1.54) is 20.4 Å². The number of benzene rings is 2. The number of nitrogens with zero attached hydrogens (tertiary/aromatic N) is 3. The minimum atomic E-state index is -0.536. The van der Waals surface area contributed by atoms with Gasteiger partial charge in [0.05, 0.1) is 30.1 Å². The van der Waals surface area contributed by atoms with E-state index in [9.17, 15) is 10.1 Å². The number of nitrogens with one attached hydrogen (secondary N) is 1. The SMILES string of the molecule is COCc1c(Br)c(C)nc(OCC(=O)NN=Cc2cc(Br)c(OCc3ccccc3Cl)c(OC)c2)c1C#N. The molecule has 0 spiro atoms. The highest BCUT2D eigenvalue weighted by atomic mass is 79.9. The van der Waals surface area contributed by atoms with Crippen molar-refractivity contribution in [3.63, 3.8) is 0 Å². The fraction of sp³-hybridized carbons (Fsp3) is 0.231. The number of ether oxygens (including phenoxy) is 4. The third-order valence-corrected chi connectivity index (χ3v) is 7.10. The molecular formula is C26H23Br2ClN4O5. The molecule has 0 atom stereocenters. The lowest BCUT2D eigenvalue weighted by molar-refractivity contribution is -0.123. The first-order valence-corrected chi connectivity index (χ1v) is 13.0. The molecule has 0 radical (unpaired) electrons. The molecule has 2 aromatic carbocycles. The molecule has 3 aromatic rings. The van der Waals surface area contributed by atoms with Gasteiger partial charge in [-0.3, -0.25) is 4.79 Å². The van der Waals surface area contributed by atoms with Crippen molar-refractivity contribution in [3.05, 3.63) is 78.3 Å². The Bertz CT molecular complexity index is 1400. The summed E-state index contributed by atoms with van der Waals surface area (Å²) >= 11 is 13.1. The zero-order valence-corrected chi connectivity index (χ0v) is 24.6. The quantitative estimate of drug-likeness (QED) is 0.206. The summed E-state index contributed by atoms with van der Waals surface area (Å²) in [6.45, 7) is 1.80. The summed E-state index contributed by atoms with van der Waals surface area (Å²) in [5, 5.41) is 14.1. The summed E-state index contributed by atoms with van der Waals surface area (Å²) in [4.78, 5) is 16.6. The van der Waals surface area contributed by atoms with Crippen LogP contribution in [0, 0.1) is 18.3 Å². The largest absolute Gasteiger partial charge is 0.493 e. The van der Waals surface area contributed by atoms with E-state index >= 15 is 0 Å². The van der Waals surface area contributed by atoms with Gasteiger partial charge in [0.25, 0.3) is 5.91 Å². The van der Waals surface area contributed by atoms with Crippen molar-refractivity contribution in [2.45, 2.75) is 20.1 Å². The zero-order chi connectivity index (χ0) is 27.7. The maximum absolute atomic E-state index is 12.3. The van der Waals surface area contributed by atoms with E-state index in [1.54, 1.807) is 25.1 Å². The molecular weight excluding hydrogens is 644 g/mol. The van der Waals surface area contributed by atoms with Crippen molar-refractivity contribution in [1.82, 2.24) is 10.4 Å². The van der Waals surface area contributed by atoms with Gasteiger partial charge in [-0.25, -0.2) is 10.4 Å². The normalized spacial score (nSPS) is 10.8. The molecule has 1 heterocycles. The lowest BCUT2D eigenvalue weighted by Gasteiger charge is -2.14. The summed E-state index contributed by atoms with van der Waals surface area (Å²) < 4.78 is 23.4. The molecule has 1 amide bonds. The van der Waals surface area contributed by atoms with E-state index in [0.717, 1.165) is 5.56 Å². The van der Waals surface area contributed by atoms with Gasteiger partial charge in [0, 0.05) is 27.7 Å². The molecule has 0 aliphatic rings. The van der Waals surface area contributed by atoms with Crippen molar-refractivity contribution in [1.29, 1.82) is 5.26 Å². The van der Waals surface area contributed by atoms with Crippen LogP contribution in [0.15, 0.2) is 50.4 Å². The predicted molar refractivity (Wildman–Crippen MR) is 150 cm³/mol. The van der Waals surface area contributed by atoms with Gasteiger partial charge < -0.3 is 18.9 Å². The van der Waals surface area contributed by atoms with Crippen molar-refractivity contribution in [2.24, 2.45) is 5.10 Å². The Hall–Kier alpha value is -3.17. The molecule has 1 N–H and O–H groups in total. The first-order chi connectivity index (χ1) is 18.3. The van der Waals surface area contributed by atoms with Gasteiger partial charge in [0.2, 0.25) is 5.88 Å². The number of aromatic nitrogens is 1. The van der Waals surface area contributed by atoms with Gasteiger partial charge in [-0.2, -0.15) is 10.4 Å². The standard InChI is InChI=1S/C26H23Br2ClN4O5/c1-15-24(28)19(13-35-2)18(10-30)26(32-15)38-14-23(34)33-31-11-16-8-20(27)25(22(9-16)36-3)37-12-17-6-4-5-7-21(17)29/h4-9,11H,12-14H2,1-3H3,(H,33,34). The lowest BCUT2D eigenvalue weighted by Crippen LogP contribution is -2.25. The number of amides is 1. The van der Waals surface area contributed by atoms with Crippen LogP contribution in [-0.2, 0) is 22.7 Å². The Balaban J connectivity index is 1.64. The third-order valence-electron chi connectivity index (χ3n) is 5.09. The van der Waals surface area contributed by atoms with Gasteiger partial charge in [-0.05, 0) is 62.5 Å². The fourth-order valence-corrected chi connectivity index (χ4v) is 4.44. The molecule has 0 saturated carbocycles. The molecule has 0 saturated heterocycles. The van der Waals surface area contributed by atoms with E-state index in [0.29, 0.717) is 42.3 Å². The van der Waals surface area contributed by atoms with Gasteiger partial charge in [-0.15, -0.1) is 0 Å². The summed E-state index contributed by atoms with van der Waals surface area (Å²) in [6, 6.07) is 12.9. The van der Waals surface area contributed by atoms with Gasteiger partial charge in [0.15, 0.2) is 18.1 Å². The molecule has 198 valence electrons. The summed E-state index contributed by atoms with van der Waals surface area (Å²) in [5.41, 5.74) is 5.25. The molecule has 1 aromatic heterocycles. The van der Waals surface area contributed by atoms with E-state index in [1.807, 2.05) is 18.2 Å². The smallest absolute Gasteiger partial charge is 0.278 e. The van der Waals surface area contributed by atoms with E-state index in [2.05, 4.69) is 53.4 Å². The Morgan fingerprint density at radius 2 is 1.97 bits per heavy atom. The fourth-order valence-electron chi connectivity index (χ4n) is 3.28. The van der Waals surface area contributed by atoms with Crippen LogP contribution < -0.4 is 19.6 Å². The molecule has 0 aliphatic heterocycles. The highest BCUT2D eigenvalue weighted by molar-refractivity contribution is 9.10. The van der Waals surface area contributed by atoms with Gasteiger partial charge in [0.1, 0.15) is 18.2 Å². The van der Waals surface area contributed by atoms with Gasteiger partial charge in [-0.1, -0.05) is 29.8 Å². The topological polar surface area (TPSA) is 115 Å². The Morgan fingerprint density at radius 3 is 2.66 bits per heavy atom. The molecule has 12 heteroatoms. The molecule has 0 fully saturated rings. The highest BCUT2D eigenvalue weighted by Crippen LogP contribution is 2.37. The second-order valence-corrected chi connectivity index (χ2v) is 9.77. The van der Waals surface area contributed by atoms with Crippen LogP contribution in [0.2, 0.25) is 5.02 Å². The number of halogens is 3. The number of carbonyl (C=O) groups is 1. The first kappa shape index (κ1) is 29.4. The van der Waals surface area contributed by atoms with Crippen molar-refractivity contribution in [3.8, 4) is 23.4 Å². The number of nitriles is 1. The van der Waals surface area contributed by atoms with E-state index < -0.39 is 12.5 Å². The maximum atomic E-state index is 12.3. The van der Waals surface area contributed by atoms with E-state index in [-0.39, 0.29) is 24.7 Å². The number of carbonyl (C=O) groups excluding carboxylic acids is 1. The lowest BCUT2D eigenvalue weighted by atomic mass is 10.1. The van der Waals surface area contributed by atoms with Crippen molar-refractivity contribution < 1.29 is 23.7 Å². The molecule has 0 bridgehead atoms. The molecule has 3 rings (SSSR count). The van der Waals surface area contributed by atoms with E-state index in [4.69, 9.17) is 30.5 Å². The highest BCUT2D eigenvalue weighted by Gasteiger charge is 2.18. The summed E-state index contributed by atoms with van der Waals surface area (Å²) in [5.74, 6) is 0.475. The minimum absolute atomic E-state index is 0.0421. The molecule has 9 nitrogen and oxygen atoms in total. The van der Waals surface area contributed by atoms with Gasteiger partial charge >= 0.3 is 0 Å². The van der Waals surface area contributed by atoms with Crippen LogP contribution >= 0.6 is 43.5 Å². The summed E-state index contributed by atoms with van der Waals surface area (Å²) in [6.07, 6.45) is 1.45. The van der Waals surface area contributed by atoms with Crippen molar-refractivity contribution >= 4 is 55.6 Å². The number of methoxy groups -OCH3 is 2. The third kappa shape index (κ3) is 7.45. The Morgan fingerprint density at radius 1 is 1.21 bits per heavy atom. The number of hydrogen-bond donors (Lipinski definition) is 1. The molecule has 38 heavy (non-hydrogen) atoms. The number of aryl methyl sites for hydroxylation is 1. The average molecular weight is 667 g/mol. The van der Waals surface area contributed by atoms with Crippen LogP contribution in [-0.4, -0.2) is 37.9 Å². The number of pyridine rings is 1. The average Bonchev–Trinajstić information content (AvgIpc) is 2.90. The number of hydrazone groups is 1. The maximum Gasteiger partial charge on any atom is 0.278 e. The Labute approximate surface area is 242 Å². The zero-order valence-electron chi connectivity index (χ0n) is 20.7. The Kier molecular flexibility index (Phi) is 10.9. The van der Waals surface area contributed by atoms with Crippen LogP contribution in [0.4, 0.5) is 0 Å². The second kappa shape index (κ2) is 14.1. The molecule has 0 unspecified atom stereocenters. The number of hydrogen-bond acceptors (Lipinski definition) is 8. The summed E-state index contributed by atoms with van der Waals surface area (Å²) in [7, 11) is 3.04. The van der Waals surface area contributed by atoms with Crippen LogP contribution in [0.25, 0.3) is 0 Å². The number of rotatable bonds is 11. The monoisotopic (exact) mass is 664 g/mol. The second-order valence-electron chi connectivity index (χ2n) is 7.71. The van der Waals surface area contributed by atoms with Crippen LogP contribution in [0.3, 0.4) is 0 Å². The minimum Gasteiger partial charge on any atom is -0.493 e.